The van der Waals surface area contributed by atoms with Crippen molar-refractivity contribution in [3.63, 3.8) is 0 Å². The van der Waals surface area contributed by atoms with Crippen LogP contribution in [-0.2, 0) is 9.53 Å². The molecule has 0 aromatic carbocycles. The quantitative estimate of drug-likeness (QED) is 0.476. The van der Waals surface area contributed by atoms with Crippen molar-refractivity contribution in [3.8, 4) is 0 Å². The SMILES string of the molecule is COC1(C(N)=O)CNC1. The molecule has 1 saturated heterocycles. The molecule has 0 unspecified atom stereocenters. The molecule has 1 aliphatic heterocycles. The van der Waals surface area contributed by atoms with Crippen LogP contribution in [0.1, 0.15) is 0 Å². The summed E-state index contributed by atoms with van der Waals surface area (Å²) >= 11 is 0. The number of amides is 1. The molecule has 1 amide bonds. The van der Waals surface area contributed by atoms with E-state index in [-0.39, 0.29) is 5.91 Å². The highest BCUT2D eigenvalue weighted by Crippen LogP contribution is 2.13. The molecule has 1 heterocycles. The summed E-state index contributed by atoms with van der Waals surface area (Å²) in [5.74, 6) is -0.385. The van der Waals surface area contributed by atoms with Gasteiger partial charge in [0, 0.05) is 20.2 Å². The predicted octanol–water partition coefficient (Wildman–Crippen LogP) is -1.54. The van der Waals surface area contributed by atoms with E-state index in [2.05, 4.69) is 5.32 Å². The maximum atomic E-state index is 10.6. The number of methoxy groups -OCH3 is 1. The molecular weight excluding hydrogens is 120 g/mol. The summed E-state index contributed by atoms with van der Waals surface area (Å²) in [6.07, 6.45) is 0. The van der Waals surface area contributed by atoms with Crippen LogP contribution in [0.4, 0.5) is 0 Å². The Morgan fingerprint density at radius 3 is 2.33 bits per heavy atom. The molecule has 0 aliphatic carbocycles. The summed E-state index contributed by atoms with van der Waals surface area (Å²) in [5.41, 5.74) is 4.33. The fourth-order valence-electron chi connectivity index (χ4n) is 0.771. The van der Waals surface area contributed by atoms with Gasteiger partial charge >= 0.3 is 0 Å². The smallest absolute Gasteiger partial charge is 0.252 e. The number of hydrogen-bond acceptors (Lipinski definition) is 3. The van der Waals surface area contributed by atoms with Crippen LogP contribution in [0.15, 0.2) is 0 Å². The van der Waals surface area contributed by atoms with Crippen LogP contribution in [-0.4, -0.2) is 31.7 Å². The van der Waals surface area contributed by atoms with E-state index in [1.165, 1.54) is 7.11 Å². The summed E-state index contributed by atoms with van der Waals surface area (Å²) in [6.45, 7) is 1.08. The van der Waals surface area contributed by atoms with Gasteiger partial charge in [0.2, 0.25) is 0 Å². The van der Waals surface area contributed by atoms with E-state index in [1.807, 2.05) is 0 Å². The van der Waals surface area contributed by atoms with Crippen molar-refractivity contribution in [2.24, 2.45) is 5.73 Å². The standard InChI is InChI=1S/C5H10N2O2/c1-9-5(4(6)8)2-7-3-5/h7H,2-3H2,1H3,(H2,6,8). The third-order valence-electron chi connectivity index (χ3n) is 1.66. The van der Waals surface area contributed by atoms with Gasteiger partial charge in [0.15, 0.2) is 5.60 Å². The van der Waals surface area contributed by atoms with Crippen molar-refractivity contribution >= 4 is 5.91 Å². The Kier molecular flexibility index (Phi) is 1.42. The fraction of sp³-hybridized carbons (Fsp3) is 0.800. The van der Waals surface area contributed by atoms with Crippen LogP contribution < -0.4 is 11.1 Å². The zero-order chi connectivity index (χ0) is 6.91. The van der Waals surface area contributed by atoms with Crippen LogP contribution in [0.5, 0.6) is 0 Å². The number of carbonyl (C=O) groups excluding carboxylic acids is 1. The zero-order valence-electron chi connectivity index (χ0n) is 5.31. The van der Waals surface area contributed by atoms with Crippen molar-refractivity contribution < 1.29 is 9.53 Å². The summed E-state index contributed by atoms with van der Waals surface area (Å²) in [6, 6.07) is 0. The number of rotatable bonds is 2. The highest BCUT2D eigenvalue weighted by Gasteiger charge is 2.42. The maximum absolute atomic E-state index is 10.6. The molecule has 1 fully saturated rings. The van der Waals surface area contributed by atoms with E-state index in [9.17, 15) is 4.79 Å². The van der Waals surface area contributed by atoms with Crippen molar-refractivity contribution in [1.82, 2.24) is 5.32 Å². The van der Waals surface area contributed by atoms with Crippen molar-refractivity contribution in [1.29, 1.82) is 0 Å². The average molecular weight is 130 g/mol. The number of nitrogens with two attached hydrogens (primary N) is 1. The van der Waals surface area contributed by atoms with Gasteiger partial charge in [-0.15, -0.1) is 0 Å². The lowest BCUT2D eigenvalue weighted by molar-refractivity contribution is -0.145. The molecule has 0 saturated carbocycles. The Bertz CT molecular complexity index is 125. The van der Waals surface area contributed by atoms with Gasteiger partial charge in [0.1, 0.15) is 0 Å². The summed E-state index contributed by atoms with van der Waals surface area (Å²) in [4.78, 5) is 10.6. The molecule has 4 nitrogen and oxygen atoms in total. The number of ether oxygens (including phenoxy) is 1. The van der Waals surface area contributed by atoms with E-state index >= 15 is 0 Å². The van der Waals surface area contributed by atoms with Gasteiger partial charge in [0.05, 0.1) is 0 Å². The van der Waals surface area contributed by atoms with Crippen LogP contribution in [0.3, 0.4) is 0 Å². The lowest BCUT2D eigenvalue weighted by Gasteiger charge is -2.37. The normalized spacial score (nSPS) is 22.8. The molecule has 52 valence electrons. The molecule has 0 aromatic heterocycles. The Hall–Kier alpha value is -0.610. The summed E-state index contributed by atoms with van der Waals surface area (Å²) in [5, 5.41) is 2.91. The third-order valence-corrected chi connectivity index (χ3v) is 1.66. The first kappa shape index (κ1) is 6.51. The van der Waals surface area contributed by atoms with Gasteiger partial charge in [0.25, 0.3) is 5.91 Å². The summed E-state index contributed by atoms with van der Waals surface area (Å²) in [7, 11) is 1.49. The van der Waals surface area contributed by atoms with Gasteiger partial charge in [-0.1, -0.05) is 0 Å². The van der Waals surface area contributed by atoms with Crippen LogP contribution in [0.25, 0.3) is 0 Å². The minimum Gasteiger partial charge on any atom is -0.367 e. The van der Waals surface area contributed by atoms with Crippen molar-refractivity contribution in [2.75, 3.05) is 20.2 Å². The van der Waals surface area contributed by atoms with Crippen LogP contribution in [0, 0.1) is 0 Å². The molecule has 3 N–H and O–H groups in total. The molecule has 0 spiro atoms. The van der Waals surface area contributed by atoms with Gasteiger partial charge in [-0.2, -0.15) is 0 Å². The van der Waals surface area contributed by atoms with Gasteiger partial charge < -0.3 is 15.8 Å². The molecule has 4 heteroatoms. The topological polar surface area (TPSA) is 64.3 Å². The van der Waals surface area contributed by atoms with Crippen LogP contribution >= 0.6 is 0 Å². The minimum atomic E-state index is -0.708. The van der Waals surface area contributed by atoms with Crippen molar-refractivity contribution in [2.45, 2.75) is 5.60 Å². The molecular formula is C5H10N2O2. The van der Waals surface area contributed by atoms with E-state index < -0.39 is 5.60 Å². The highest BCUT2D eigenvalue weighted by atomic mass is 16.5. The Morgan fingerprint density at radius 1 is 1.78 bits per heavy atom. The number of carbonyl (C=O) groups is 1. The maximum Gasteiger partial charge on any atom is 0.252 e. The molecule has 9 heavy (non-hydrogen) atoms. The first-order chi connectivity index (χ1) is 4.21. The predicted molar refractivity (Wildman–Crippen MR) is 31.8 cm³/mol. The highest BCUT2D eigenvalue weighted by molar-refractivity contribution is 5.85. The van der Waals surface area contributed by atoms with Gasteiger partial charge in [-0.25, -0.2) is 0 Å². The van der Waals surface area contributed by atoms with Crippen LogP contribution in [0.2, 0.25) is 0 Å². The molecule has 0 aromatic rings. The van der Waals surface area contributed by atoms with Gasteiger partial charge in [-0.05, 0) is 0 Å². The van der Waals surface area contributed by atoms with E-state index in [0.717, 1.165) is 0 Å². The Morgan fingerprint density at radius 2 is 2.33 bits per heavy atom. The second-order valence-electron chi connectivity index (χ2n) is 2.17. The Balaban J connectivity index is 2.57. The monoisotopic (exact) mass is 130 g/mol. The van der Waals surface area contributed by atoms with E-state index in [4.69, 9.17) is 10.5 Å². The molecule has 0 atom stereocenters. The second kappa shape index (κ2) is 1.97. The summed E-state index contributed by atoms with van der Waals surface area (Å²) < 4.78 is 4.90. The number of primary amides is 1. The average Bonchev–Trinajstić information content (AvgIpc) is 1.62. The second-order valence-corrected chi connectivity index (χ2v) is 2.17. The number of nitrogens with one attached hydrogen (secondary N) is 1. The first-order valence-corrected chi connectivity index (χ1v) is 2.77. The molecule has 1 aliphatic rings. The third kappa shape index (κ3) is 0.799. The lowest BCUT2D eigenvalue weighted by atomic mass is 9.96. The lowest BCUT2D eigenvalue weighted by Crippen LogP contribution is -2.67. The number of hydrogen-bond donors (Lipinski definition) is 2. The van der Waals surface area contributed by atoms with E-state index in [1.54, 1.807) is 0 Å². The first-order valence-electron chi connectivity index (χ1n) is 2.77. The molecule has 0 bridgehead atoms. The largest absolute Gasteiger partial charge is 0.367 e. The minimum absolute atomic E-state index is 0.385. The zero-order valence-corrected chi connectivity index (χ0v) is 5.31. The van der Waals surface area contributed by atoms with Crippen molar-refractivity contribution in [3.05, 3.63) is 0 Å². The van der Waals surface area contributed by atoms with Gasteiger partial charge in [-0.3, -0.25) is 4.79 Å². The Labute approximate surface area is 53.4 Å². The fourth-order valence-corrected chi connectivity index (χ4v) is 0.771. The molecule has 0 radical (unpaired) electrons. The van der Waals surface area contributed by atoms with E-state index in [0.29, 0.717) is 13.1 Å². The molecule has 1 rings (SSSR count).